The van der Waals surface area contributed by atoms with E-state index < -0.39 is 10.0 Å². The zero-order chi connectivity index (χ0) is 20.6. The quantitative estimate of drug-likeness (QED) is 0.566. The summed E-state index contributed by atoms with van der Waals surface area (Å²) in [6, 6.07) is 13.2. The van der Waals surface area contributed by atoms with E-state index >= 15 is 0 Å². The molecular weight excluding hydrogens is 407 g/mol. The number of hydrogen-bond donors (Lipinski definition) is 0. The number of aromatic nitrogens is 1. The fourth-order valence-electron chi connectivity index (χ4n) is 3.90. The Hall–Kier alpha value is -2.09. The van der Waals surface area contributed by atoms with E-state index in [1.54, 1.807) is 34.6 Å². The minimum atomic E-state index is -3.54. The highest BCUT2D eigenvalue weighted by Crippen LogP contribution is 2.32. The number of nitrogens with zero attached hydrogens (tertiary/aromatic N) is 2. The molecule has 0 radical (unpaired) electrons. The molecule has 1 aliphatic rings. The van der Waals surface area contributed by atoms with Crippen LogP contribution in [0.5, 0.6) is 0 Å². The van der Waals surface area contributed by atoms with Gasteiger partial charge in [-0.25, -0.2) is 17.8 Å². The van der Waals surface area contributed by atoms with Crippen LogP contribution in [-0.4, -0.2) is 30.8 Å². The van der Waals surface area contributed by atoms with Crippen LogP contribution < -0.4 is 0 Å². The molecule has 0 spiro atoms. The van der Waals surface area contributed by atoms with E-state index in [-0.39, 0.29) is 5.82 Å². The maximum absolute atomic E-state index is 13.2. The Morgan fingerprint density at radius 3 is 2.41 bits per heavy atom. The van der Waals surface area contributed by atoms with E-state index in [9.17, 15) is 12.8 Å². The van der Waals surface area contributed by atoms with Crippen LogP contribution in [0.4, 0.5) is 4.39 Å². The van der Waals surface area contributed by atoms with E-state index in [2.05, 4.69) is 18.8 Å². The van der Waals surface area contributed by atoms with Crippen LogP contribution in [-0.2, 0) is 10.0 Å². The fraction of sp³-hybridized carbons (Fsp3) is 0.318. The van der Waals surface area contributed by atoms with Gasteiger partial charge in [-0.05, 0) is 54.7 Å². The summed E-state index contributed by atoms with van der Waals surface area (Å²) in [5.41, 5.74) is 2.31. The average Bonchev–Trinajstić information content (AvgIpc) is 3.18. The highest BCUT2D eigenvalue weighted by atomic mass is 32.2. The van der Waals surface area contributed by atoms with Gasteiger partial charge in [0.1, 0.15) is 10.8 Å². The SMILES string of the molecule is CC1CC(C)CN(S(=O)(=O)c2cccc(-c3csc(-c4ccc(F)cc4)n3)c2)C1. The molecule has 2 unspecified atom stereocenters. The molecule has 2 atom stereocenters. The first-order valence-electron chi connectivity index (χ1n) is 9.65. The van der Waals surface area contributed by atoms with Crippen LogP contribution in [0.15, 0.2) is 58.8 Å². The van der Waals surface area contributed by atoms with Gasteiger partial charge in [0.2, 0.25) is 10.0 Å². The third-order valence-corrected chi connectivity index (χ3v) is 7.92. The summed E-state index contributed by atoms with van der Waals surface area (Å²) in [4.78, 5) is 4.93. The van der Waals surface area contributed by atoms with E-state index in [4.69, 9.17) is 0 Å². The maximum Gasteiger partial charge on any atom is 0.243 e. The molecule has 4 rings (SSSR count). The van der Waals surface area contributed by atoms with Gasteiger partial charge in [-0.15, -0.1) is 11.3 Å². The minimum absolute atomic E-state index is 0.287. The Bertz CT molecular complexity index is 1100. The minimum Gasteiger partial charge on any atom is -0.236 e. The predicted molar refractivity (Wildman–Crippen MR) is 115 cm³/mol. The van der Waals surface area contributed by atoms with Crippen molar-refractivity contribution in [1.29, 1.82) is 0 Å². The smallest absolute Gasteiger partial charge is 0.236 e. The lowest BCUT2D eigenvalue weighted by Gasteiger charge is -2.34. The van der Waals surface area contributed by atoms with Gasteiger partial charge in [-0.3, -0.25) is 0 Å². The third-order valence-electron chi connectivity index (χ3n) is 5.20. The Morgan fingerprint density at radius 1 is 1.03 bits per heavy atom. The molecule has 2 aromatic carbocycles. The first-order valence-corrected chi connectivity index (χ1v) is 12.0. The summed E-state index contributed by atoms with van der Waals surface area (Å²) in [5, 5.41) is 2.67. The van der Waals surface area contributed by atoms with Crippen molar-refractivity contribution < 1.29 is 12.8 Å². The predicted octanol–water partition coefficient (Wildman–Crippen LogP) is 5.28. The molecule has 152 valence electrons. The average molecular weight is 431 g/mol. The molecule has 2 heterocycles. The van der Waals surface area contributed by atoms with Crippen LogP contribution in [0.2, 0.25) is 0 Å². The Labute approximate surface area is 175 Å². The molecule has 1 aromatic heterocycles. The number of rotatable bonds is 4. The molecule has 3 aromatic rings. The first-order chi connectivity index (χ1) is 13.8. The summed E-state index contributed by atoms with van der Waals surface area (Å²) < 4.78 is 41.1. The summed E-state index contributed by atoms with van der Waals surface area (Å²) in [5.74, 6) is 0.423. The first kappa shape index (κ1) is 20.2. The van der Waals surface area contributed by atoms with Crippen molar-refractivity contribution in [2.75, 3.05) is 13.1 Å². The topological polar surface area (TPSA) is 50.3 Å². The van der Waals surface area contributed by atoms with E-state index in [1.165, 1.54) is 23.5 Å². The normalized spacial score (nSPS) is 20.7. The molecular formula is C22H23FN2O2S2. The summed E-state index contributed by atoms with van der Waals surface area (Å²) in [7, 11) is -3.54. The number of halogens is 1. The van der Waals surface area contributed by atoms with Gasteiger partial charge in [-0.1, -0.05) is 26.0 Å². The maximum atomic E-state index is 13.2. The van der Waals surface area contributed by atoms with Crippen LogP contribution >= 0.6 is 11.3 Å². The van der Waals surface area contributed by atoms with Gasteiger partial charge in [0.05, 0.1) is 10.6 Å². The number of piperidine rings is 1. The van der Waals surface area contributed by atoms with Crippen molar-refractivity contribution in [1.82, 2.24) is 9.29 Å². The second-order valence-electron chi connectivity index (χ2n) is 7.84. The molecule has 4 nitrogen and oxygen atoms in total. The second-order valence-corrected chi connectivity index (χ2v) is 10.6. The van der Waals surface area contributed by atoms with E-state index in [0.717, 1.165) is 22.6 Å². The molecule has 1 aliphatic heterocycles. The Kier molecular flexibility index (Phi) is 5.55. The number of thiazole rings is 1. The van der Waals surface area contributed by atoms with Crippen LogP contribution in [0.3, 0.4) is 0 Å². The monoisotopic (exact) mass is 430 g/mol. The molecule has 1 fully saturated rings. The summed E-state index contributed by atoms with van der Waals surface area (Å²) >= 11 is 1.45. The van der Waals surface area contributed by atoms with Gasteiger partial charge in [0.25, 0.3) is 0 Å². The van der Waals surface area contributed by atoms with Gasteiger partial charge < -0.3 is 0 Å². The number of hydrogen-bond acceptors (Lipinski definition) is 4. The fourth-order valence-corrected chi connectivity index (χ4v) is 6.46. The number of sulfonamides is 1. The summed E-state index contributed by atoms with van der Waals surface area (Å²) in [6.07, 6.45) is 1.05. The molecule has 0 aliphatic carbocycles. The van der Waals surface area contributed by atoms with Gasteiger partial charge in [-0.2, -0.15) is 4.31 Å². The highest BCUT2D eigenvalue weighted by Gasteiger charge is 2.31. The second kappa shape index (κ2) is 7.97. The Balaban J connectivity index is 1.63. The number of benzene rings is 2. The van der Waals surface area contributed by atoms with Gasteiger partial charge in [0, 0.05) is 29.6 Å². The lowest BCUT2D eigenvalue weighted by molar-refractivity contribution is 0.222. The summed E-state index contributed by atoms with van der Waals surface area (Å²) in [6.45, 7) is 5.31. The highest BCUT2D eigenvalue weighted by molar-refractivity contribution is 7.89. The molecule has 0 N–H and O–H groups in total. The van der Waals surface area contributed by atoms with Gasteiger partial charge >= 0.3 is 0 Å². The van der Waals surface area contributed by atoms with Gasteiger partial charge in [0.15, 0.2) is 0 Å². The van der Waals surface area contributed by atoms with E-state index in [1.807, 2.05) is 11.4 Å². The lowest BCUT2D eigenvalue weighted by atomic mass is 9.94. The van der Waals surface area contributed by atoms with Crippen molar-refractivity contribution in [3.63, 3.8) is 0 Å². The Morgan fingerprint density at radius 2 is 1.72 bits per heavy atom. The zero-order valence-corrected chi connectivity index (χ0v) is 18.0. The zero-order valence-electron chi connectivity index (χ0n) is 16.4. The molecule has 1 saturated heterocycles. The standard InChI is InChI=1S/C22H23FN2O2S2/c1-15-10-16(2)13-25(12-15)29(26,27)20-5-3-4-18(11-20)21-14-28-22(24-21)17-6-8-19(23)9-7-17/h3-9,11,14-16H,10,12-13H2,1-2H3. The van der Waals surface area contributed by atoms with Crippen molar-refractivity contribution in [3.05, 3.63) is 59.7 Å². The van der Waals surface area contributed by atoms with Crippen LogP contribution in [0.25, 0.3) is 21.8 Å². The van der Waals surface area contributed by atoms with Crippen molar-refractivity contribution in [2.24, 2.45) is 11.8 Å². The van der Waals surface area contributed by atoms with Crippen molar-refractivity contribution in [2.45, 2.75) is 25.2 Å². The van der Waals surface area contributed by atoms with Crippen molar-refractivity contribution >= 4 is 21.4 Å². The molecule has 0 saturated carbocycles. The molecule has 7 heteroatoms. The van der Waals surface area contributed by atoms with Crippen molar-refractivity contribution in [3.8, 4) is 21.8 Å². The molecule has 0 amide bonds. The third kappa shape index (κ3) is 4.27. The van der Waals surface area contributed by atoms with Crippen LogP contribution in [0.1, 0.15) is 20.3 Å². The lowest BCUT2D eigenvalue weighted by Crippen LogP contribution is -2.42. The van der Waals surface area contributed by atoms with E-state index in [0.29, 0.717) is 35.5 Å². The largest absolute Gasteiger partial charge is 0.243 e. The van der Waals surface area contributed by atoms with Crippen LogP contribution in [0, 0.1) is 17.7 Å². The molecule has 0 bridgehead atoms. The molecule has 29 heavy (non-hydrogen) atoms.